The molecule has 0 aliphatic rings. The second kappa shape index (κ2) is 5.23. The van der Waals surface area contributed by atoms with Crippen molar-refractivity contribution in [3.8, 4) is 0 Å². The van der Waals surface area contributed by atoms with Gasteiger partial charge in [0.25, 0.3) is 0 Å². The van der Waals surface area contributed by atoms with Crippen LogP contribution in [-0.2, 0) is 0 Å². The second-order valence-electron chi connectivity index (χ2n) is 3.10. The maximum absolute atomic E-state index is 10.8. The molecular formula is C12H10N2OS. The van der Waals surface area contributed by atoms with Crippen molar-refractivity contribution in [1.82, 2.24) is 9.36 Å². The molecule has 3 nitrogen and oxygen atoms in total. The van der Waals surface area contributed by atoms with Gasteiger partial charge in [-0.3, -0.25) is 4.79 Å². The van der Waals surface area contributed by atoms with Crippen LogP contribution in [0.2, 0.25) is 0 Å². The Hall–Kier alpha value is -1.94. The van der Waals surface area contributed by atoms with E-state index in [9.17, 15) is 4.79 Å². The first-order chi connectivity index (χ1) is 7.86. The molecule has 3 aromatic rings. The Balaban J connectivity index is 0.000000162. The number of pyridine rings is 1. The molecule has 0 radical (unpaired) electrons. The molecule has 3 rings (SSSR count). The van der Waals surface area contributed by atoms with Crippen molar-refractivity contribution in [2.24, 2.45) is 0 Å². The van der Waals surface area contributed by atoms with E-state index in [-0.39, 0.29) is 5.56 Å². The van der Waals surface area contributed by atoms with Gasteiger partial charge in [-0.25, -0.2) is 4.37 Å². The Morgan fingerprint density at radius 3 is 2.62 bits per heavy atom. The lowest BCUT2D eigenvalue weighted by Gasteiger charge is -1.93. The monoisotopic (exact) mass is 230 g/mol. The standard InChI is InChI=1S/C9H7NO.C3H3NS/c11-9-6-5-7-3-1-2-4-8(7)10-9;1-2-4-5-3-1/h1-6H,(H,10,11);1-3H. The van der Waals surface area contributed by atoms with Gasteiger partial charge in [0.2, 0.25) is 5.56 Å². The molecular weight excluding hydrogens is 220 g/mol. The molecule has 0 aliphatic heterocycles. The number of nitrogens with zero attached hydrogens (tertiary/aromatic N) is 1. The molecule has 80 valence electrons. The molecule has 0 spiro atoms. The number of fused-ring (bicyclic) bond motifs is 1. The average Bonchev–Trinajstić information content (AvgIpc) is 2.87. The molecule has 2 aromatic heterocycles. The number of rotatable bonds is 0. The summed E-state index contributed by atoms with van der Waals surface area (Å²) < 4.78 is 3.76. The lowest BCUT2D eigenvalue weighted by atomic mass is 10.2. The van der Waals surface area contributed by atoms with E-state index >= 15 is 0 Å². The van der Waals surface area contributed by atoms with Crippen molar-refractivity contribution in [1.29, 1.82) is 0 Å². The zero-order valence-corrected chi connectivity index (χ0v) is 9.28. The highest BCUT2D eigenvalue weighted by Crippen LogP contribution is 2.06. The van der Waals surface area contributed by atoms with E-state index in [0.717, 1.165) is 10.9 Å². The van der Waals surface area contributed by atoms with Crippen molar-refractivity contribution >= 4 is 22.4 Å². The predicted octanol–water partition coefficient (Wildman–Crippen LogP) is 2.67. The summed E-state index contributed by atoms with van der Waals surface area (Å²) in [6.45, 7) is 0. The molecule has 2 heterocycles. The fraction of sp³-hybridized carbons (Fsp3) is 0. The van der Waals surface area contributed by atoms with Crippen LogP contribution in [0.15, 0.2) is 58.8 Å². The van der Waals surface area contributed by atoms with Crippen LogP contribution in [0.25, 0.3) is 10.9 Å². The van der Waals surface area contributed by atoms with E-state index in [0.29, 0.717) is 0 Å². The summed E-state index contributed by atoms with van der Waals surface area (Å²) in [6, 6.07) is 12.9. The highest BCUT2D eigenvalue weighted by Gasteiger charge is 1.89. The lowest BCUT2D eigenvalue weighted by Crippen LogP contribution is -2.01. The van der Waals surface area contributed by atoms with Crippen LogP contribution in [0.1, 0.15) is 0 Å². The summed E-state index contributed by atoms with van der Waals surface area (Å²) in [4.78, 5) is 13.6. The van der Waals surface area contributed by atoms with Crippen LogP contribution in [0.3, 0.4) is 0 Å². The van der Waals surface area contributed by atoms with E-state index in [1.54, 1.807) is 6.20 Å². The minimum atomic E-state index is -0.0521. The van der Waals surface area contributed by atoms with Crippen molar-refractivity contribution in [3.63, 3.8) is 0 Å². The zero-order valence-electron chi connectivity index (χ0n) is 8.46. The summed E-state index contributed by atoms with van der Waals surface area (Å²) in [5.74, 6) is 0. The smallest absolute Gasteiger partial charge is 0.248 e. The highest BCUT2D eigenvalue weighted by molar-refractivity contribution is 7.03. The molecule has 4 heteroatoms. The van der Waals surface area contributed by atoms with E-state index in [1.807, 2.05) is 41.8 Å². The first-order valence-corrected chi connectivity index (χ1v) is 5.62. The van der Waals surface area contributed by atoms with E-state index in [1.165, 1.54) is 17.6 Å². The third kappa shape index (κ3) is 2.77. The molecule has 0 atom stereocenters. The van der Waals surface area contributed by atoms with Gasteiger partial charge < -0.3 is 4.98 Å². The molecule has 0 saturated heterocycles. The quantitative estimate of drug-likeness (QED) is 0.645. The summed E-state index contributed by atoms with van der Waals surface area (Å²) in [5, 5.41) is 2.99. The molecule has 0 fully saturated rings. The Morgan fingerprint density at radius 1 is 1.06 bits per heavy atom. The molecule has 0 saturated carbocycles. The number of benzene rings is 1. The van der Waals surface area contributed by atoms with Gasteiger partial charge in [-0.15, -0.1) is 0 Å². The largest absolute Gasteiger partial charge is 0.322 e. The number of para-hydroxylation sites is 1. The van der Waals surface area contributed by atoms with Gasteiger partial charge in [0.1, 0.15) is 0 Å². The summed E-state index contributed by atoms with van der Waals surface area (Å²) in [6.07, 6.45) is 1.77. The van der Waals surface area contributed by atoms with Crippen molar-refractivity contribution in [2.75, 3.05) is 0 Å². The normalized spacial score (nSPS) is 9.50. The number of hydrogen-bond donors (Lipinski definition) is 1. The third-order valence-electron chi connectivity index (χ3n) is 1.98. The number of H-pyrrole nitrogens is 1. The van der Waals surface area contributed by atoms with Crippen LogP contribution < -0.4 is 5.56 Å². The Bertz CT molecular complexity index is 584. The minimum Gasteiger partial charge on any atom is -0.322 e. The first-order valence-electron chi connectivity index (χ1n) is 4.79. The maximum Gasteiger partial charge on any atom is 0.248 e. The van der Waals surface area contributed by atoms with E-state index < -0.39 is 0 Å². The summed E-state index contributed by atoms with van der Waals surface area (Å²) in [5.41, 5.74) is 0.837. The topological polar surface area (TPSA) is 45.8 Å². The number of aromatic amines is 1. The number of hydrogen-bond acceptors (Lipinski definition) is 3. The van der Waals surface area contributed by atoms with Gasteiger partial charge in [-0.2, -0.15) is 0 Å². The second-order valence-corrected chi connectivity index (χ2v) is 3.79. The Kier molecular flexibility index (Phi) is 3.46. The fourth-order valence-electron chi connectivity index (χ4n) is 1.27. The SMILES string of the molecule is O=c1ccc2ccccc2[nH]1.c1cnsc1. The van der Waals surface area contributed by atoms with Crippen LogP contribution in [0.4, 0.5) is 0 Å². The summed E-state index contributed by atoms with van der Waals surface area (Å²) >= 11 is 1.46. The lowest BCUT2D eigenvalue weighted by molar-refractivity contribution is 1.31. The van der Waals surface area contributed by atoms with Crippen LogP contribution in [0.5, 0.6) is 0 Å². The summed E-state index contributed by atoms with van der Waals surface area (Å²) in [7, 11) is 0. The van der Waals surface area contributed by atoms with Gasteiger partial charge in [0.15, 0.2) is 0 Å². The Labute approximate surface area is 96.6 Å². The van der Waals surface area contributed by atoms with Crippen LogP contribution in [0, 0.1) is 0 Å². The predicted molar refractivity (Wildman–Crippen MR) is 66.7 cm³/mol. The molecule has 0 amide bonds. The maximum atomic E-state index is 10.8. The molecule has 1 aromatic carbocycles. The fourth-order valence-corrected chi connectivity index (χ4v) is 1.62. The molecule has 0 unspecified atom stereocenters. The van der Waals surface area contributed by atoms with Gasteiger partial charge >= 0.3 is 0 Å². The van der Waals surface area contributed by atoms with Crippen LogP contribution >= 0.6 is 11.5 Å². The third-order valence-corrected chi connectivity index (χ3v) is 2.50. The van der Waals surface area contributed by atoms with Crippen molar-refractivity contribution in [3.05, 3.63) is 64.4 Å². The minimum absolute atomic E-state index is 0.0521. The van der Waals surface area contributed by atoms with Crippen molar-refractivity contribution in [2.45, 2.75) is 0 Å². The van der Waals surface area contributed by atoms with Gasteiger partial charge in [0, 0.05) is 23.2 Å². The van der Waals surface area contributed by atoms with Gasteiger partial charge in [-0.05, 0) is 35.1 Å². The molecule has 1 N–H and O–H groups in total. The van der Waals surface area contributed by atoms with Gasteiger partial charge in [-0.1, -0.05) is 18.2 Å². The first kappa shape index (κ1) is 10.6. The Morgan fingerprint density at radius 2 is 1.94 bits per heavy atom. The molecule has 0 aliphatic carbocycles. The zero-order chi connectivity index (χ0) is 11.2. The van der Waals surface area contributed by atoms with Gasteiger partial charge in [0.05, 0.1) is 0 Å². The van der Waals surface area contributed by atoms with Crippen LogP contribution in [-0.4, -0.2) is 9.36 Å². The number of nitrogens with one attached hydrogen (secondary N) is 1. The van der Waals surface area contributed by atoms with E-state index in [2.05, 4.69) is 9.36 Å². The number of aromatic nitrogens is 2. The van der Waals surface area contributed by atoms with E-state index in [4.69, 9.17) is 0 Å². The average molecular weight is 230 g/mol. The highest BCUT2D eigenvalue weighted by atomic mass is 32.1. The molecule has 0 bridgehead atoms. The molecule has 16 heavy (non-hydrogen) atoms. The van der Waals surface area contributed by atoms with Crippen molar-refractivity contribution < 1.29 is 0 Å².